The van der Waals surface area contributed by atoms with Gasteiger partial charge in [-0.15, -0.1) is 12.4 Å². The summed E-state index contributed by atoms with van der Waals surface area (Å²) in [5.74, 6) is 0.304. The number of ether oxygens (including phenoxy) is 1. The third kappa shape index (κ3) is 5.51. The molecule has 0 fully saturated rings. The van der Waals surface area contributed by atoms with Gasteiger partial charge in [-0.25, -0.2) is 14.4 Å². The highest BCUT2D eigenvalue weighted by atomic mass is 35.5. The van der Waals surface area contributed by atoms with E-state index in [9.17, 15) is 4.39 Å². The number of rotatable bonds is 8. The van der Waals surface area contributed by atoms with Crippen LogP contribution in [0.15, 0.2) is 79.0 Å². The van der Waals surface area contributed by atoms with Crippen molar-refractivity contribution in [3.63, 3.8) is 0 Å². The van der Waals surface area contributed by atoms with Crippen molar-refractivity contribution < 1.29 is 9.13 Å². The first-order valence-corrected chi connectivity index (χ1v) is 11.5. The second-order valence-corrected chi connectivity index (χ2v) is 8.43. The Kier molecular flexibility index (Phi) is 8.08. The van der Waals surface area contributed by atoms with Crippen LogP contribution >= 0.6 is 12.4 Å². The van der Waals surface area contributed by atoms with Gasteiger partial charge in [0.25, 0.3) is 0 Å². The zero-order chi connectivity index (χ0) is 23.3. The van der Waals surface area contributed by atoms with E-state index in [1.165, 1.54) is 6.07 Å². The highest BCUT2D eigenvalue weighted by Gasteiger charge is 2.28. The summed E-state index contributed by atoms with van der Waals surface area (Å²) in [6, 6.07) is 23.3. The summed E-state index contributed by atoms with van der Waals surface area (Å²) in [6.07, 6.45) is 2.53. The van der Waals surface area contributed by atoms with Crippen LogP contribution in [0.5, 0.6) is 0 Å². The van der Waals surface area contributed by atoms with Gasteiger partial charge in [0.05, 0.1) is 12.3 Å². The second-order valence-electron chi connectivity index (χ2n) is 8.43. The van der Waals surface area contributed by atoms with Crippen LogP contribution in [0.1, 0.15) is 28.2 Å². The smallest absolute Gasteiger partial charge is 0.227 e. The molecule has 1 atom stereocenters. The predicted molar refractivity (Wildman–Crippen MR) is 140 cm³/mol. The molecular formula is C28H28ClFN4O. The maximum absolute atomic E-state index is 14.6. The highest BCUT2D eigenvalue weighted by Crippen LogP contribution is 2.42. The molecule has 0 bridgehead atoms. The van der Waals surface area contributed by atoms with Crippen molar-refractivity contribution in [1.29, 1.82) is 0 Å². The van der Waals surface area contributed by atoms with E-state index in [0.29, 0.717) is 24.5 Å². The fraction of sp³-hybridized carbons (Fsp3) is 0.214. The number of aromatic nitrogens is 2. The SMILES string of the molecule is COCCNCc1cccc(Nc2ncc3c(n2)-c2ccccc2[C@H](c2ccccc2F)C3)c1.Cl. The average molecular weight is 491 g/mol. The first-order chi connectivity index (χ1) is 16.7. The fourth-order valence-corrected chi connectivity index (χ4v) is 4.53. The first-order valence-electron chi connectivity index (χ1n) is 11.5. The molecule has 0 saturated carbocycles. The summed E-state index contributed by atoms with van der Waals surface area (Å²) in [5.41, 5.74) is 6.84. The monoisotopic (exact) mass is 490 g/mol. The first kappa shape index (κ1) is 24.8. The molecule has 35 heavy (non-hydrogen) atoms. The van der Waals surface area contributed by atoms with Gasteiger partial charge < -0.3 is 15.4 Å². The van der Waals surface area contributed by atoms with Gasteiger partial charge in [0.2, 0.25) is 5.95 Å². The molecule has 4 aromatic rings. The van der Waals surface area contributed by atoms with Crippen molar-refractivity contribution >= 4 is 24.0 Å². The Balaban J connectivity index is 0.00000289. The van der Waals surface area contributed by atoms with Crippen molar-refractivity contribution in [2.45, 2.75) is 18.9 Å². The van der Waals surface area contributed by atoms with E-state index in [0.717, 1.165) is 46.7 Å². The minimum atomic E-state index is -0.179. The Morgan fingerprint density at radius 1 is 1.00 bits per heavy atom. The maximum Gasteiger partial charge on any atom is 0.227 e. The zero-order valence-electron chi connectivity index (χ0n) is 19.5. The van der Waals surface area contributed by atoms with Crippen LogP contribution < -0.4 is 10.6 Å². The molecule has 1 heterocycles. The Bertz CT molecular complexity index is 1300. The molecule has 0 unspecified atom stereocenters. The molecule has 0 aliphatic heterocycles. The number of nitrogens with zero attached hydrogens (tertiary/aromatic N) is 2. The molecule has 180 valence electrons. The molecule has 2 N–H and O–H groups in total. The number of methoxy groups -OCH3 is 1. The van der Waals surface area contributed by atoms with Gasteiger partial charge in [0, 0.05) is 43.6 Å². The molecular weight excluding hydrogens is 463 g/mol. The van der Waals surface area contributed by atoms with Crippen LogP contribution in [0.2, 0.25) is 0 Å². The number of benzene rings is 3. The summed E-state index contributed by atoms with van der Waals surface area (Å²) in [4.78, 5) is 9.45. The lowest BCUT2D eigenvalue weighted by Gasteiger charge is -2.27. The van der Waals surface area contributed by atoms with Gasteiger partial charge >= 0.3 is 0 Å². The quantitative estimate of drug-likeness (QED) is 0.302. The molecule has 1 aromatic heterocycles. The Hall–Kier alpha value is -3.32. The summed E-state index contributed by atoms with van der Waals surface area (Å²) >= 11 is 0. The molecule has 3 aromatic carbocycles. The largest absolute Gasteiger partial charge is 0.383 e. The number of hydrogen-bond donors (Lipinski definition) is 2. The molecule has 0 spiro atoms. The highest BCUT2D eigenvalue weighted by molar-refractivity contribution is 5.85. The minimum absolute atomic E-state index is 0. The van der Waals surface area contributed by atoms with Crippen molar-refractivity contribution in [3.05, 3.63) is 107 Å². The van der Waals surface area contributed by atoms with Gasteiger partial charge in [-0.1, -0.05) is 54.6 Å². The summed E-state index contributed by atoms with van der Waals surface area (Å²) in [7, 11) is 1.70. The van der Waals surface area contributed by atoms with Crippen molar-refractivity contribution in [1.82, 2.24) is 15.3 Å². The van der Waals surface area contributed by atoms with Gasteiger partial charge in [0.1, 0.15) is 5.82 Å². The molecule has 0 radical (unpaired) electrons. The van der Waals surface area contributed by atoms with E-state index in [1.54, 1.807) is 13.2 Å². The van der Waals surface area contributed by atoms with Crippen molar-refractivity contribution in [2.75, 3.05) is 25.6 Å². The molecule has 5 rings (SSSR count). The standard InChI is InChI=1S/C28H27FN4O.ClH/c1-34-14-13-30-17-19-7-6-8-21(15-19)32-28-31-18-20-16-25(23-10-4-5-12-26(23)29)22-9-2-3-11-24(22)27(20)33-28;/h2-12,15,18,25,30H,13-14,16-17H2,1H3,(H,31,32,33);1H/t25-;/m1./s1. The van der Waals surface area contributed by atoms with Crippen molar-refractivity contribution in [3.8, 4) is 11.3 Å². The molecule has 1 aliphatic carbocycles. The molecule has 0 amide bonds. The third-order valence-electron chi connectivity index (χ3n) is 6.16. The van der Waals surface area contributed by atoms with Crippen LogP contribution in [0.3, 0.4) is 0 Å². The van der Waals surface area contributed by atoms with E-state index < -0.39 is 0 Å². The van der Waals surface area contributed by atoms with Gasteiger partial charge in [0.15, 0.2) is 0 Å². The van der Waals surface area contributed by atoms with Gasteiger partial charge in [-0.2, -0.15) is 0 Å². The van der Waals surface area contributed by atoms with Crippen LogP contribution in [-0.4, -0.2) is 30.2 Å². The Morgan fingerprint density at radius 2 is 1.80 bits per heavy atom. The van der Waals surface area contributed by atoms with Crippen molar-refractivity contribution in [2.24, 2.45) is 0 Å². The van der Waals surface area contributed by atoms with E-state index in [2.05, 4.69) is 39.9 Å². The molecule has 1 aliphatic rings. The summed E-state index contributed by atoms with van der Waals surface area (Å²) in [6.45, 7) is 2.24. The lowest BCUT2D eigenvalue weighted by atomic mass is 9.78. The second kappa shape index (κ2) is 11.4. The van der Waals surface area contributed by atoms with E-state index in [1.807, 2.05) is 42.6 Å². The van der Waals surface area contributed by atoms with E-state index in [4.69, 9.17) is 9.72 Å². The number of anilines is 2. The van der Waals surface area contributed by atoms with Gasteiger partial charge in [-0.05, 0) is 46.9 Å². The topological polar surface area (TPSA) is 59.1 Å². The number of nitrogens with one attached hydrogen (secondary N) is 2. The van der Waals surface area contributed by atoms with E-state index >= 15 is 0 Å². The molecule has 5 nitrogen and oxygen atoms in total. The number of fused-ring (bicyclic) bond motifs is 3. The zero-order valence-corrected chi connectivity index (χ0v) is 20.3. The fourth-order valence-electron chi connectivity index (χ4n) is 4.53. The summed E-state index contributed by atoms with van der Waals surface area (Å²) in [5, 5.41) is 6.70. The van der Waals surface area contributed by atoms with Crippen LogP contribution in [0.25, 0.3) is 11.3 Å². The Labute approximate surface area is 211 Å². The predicted octanol–water partition coefficient (Wildman–Crippen LogP) is 5.87. The molecule has 0 saturated heterocycles. The van der Waals surface area contributed by atoms with Crippen LogP contribution in [0.4, 0.5) is 16.0 Å². The van der Waals surface area contributed by atoms with E-state index in [-0.39, 0.29) is 24.1 Å². The number of halogens is 2. The van der Waals surface area contributed by atoms with Crippen LogP contribution in [0, 0.1) is 5.82 Å². The number of hydrogen-bond acceptors (Lipinski definition) is 5. The Morgan fingerprint density at radius 3 is 2.63 bits per heavy atom. The summed E-state index contributed by atoms with van der Waals surface area (Å²) < 4.78 is 19.7. The average Bonchev–Trinajstić information content (AvgIpc) is 2.87. The third-order valence-corrected chi connectivity index (χ3v) is 6.16. The van der Waals surface area contributed by atoms with Gasteiger partial charge in [-0.3, -0.25) is 0 Å². The lowest BCUT2D eigenvalue weighted by molar-refractivity contribution is 0.199. The normalized spacial score (nSPS) is 13.9. The molecule has 7 heteroatoms. The lowest BCUT2D eigenvalue weighted by Crippen LogP contribution is -2.18. The minimum Gasteiger partial charge on any atom is -0.383 e. The van der Waals surface area contributed by atoms with Crippen LogP contribution in [-0.2, 0) is 17.7 Å². The maximum atomic E-state index is 14.6.